The van der Waals surface area contributed by atoms with E-state index in [1.807, 2.05) is 0 Å². The van der Waals surface area contributed by atoms with Gasteiger partial charge in [-0.2, -0.15) is 13.2 Å². The van der Waals surface area contributed by atoms with Gasteiger partial charge in [0.2, 0.25) is 0 Å². The number of aliphatic carboxylic acids is 1. The predicted octanol–water partition coefficient (Wildman–Crippen LogP) is 3.73. The van der Waals surface area contributed by atoms with E-state index in [0.29, 0.717) is 5.56 Å². The maximum Gasteiger partial charge on any atom is 0.417 e. The zero-order chi connectivity index (χ0) is 22.3. The average Bonchev–Trinajstić information content (AvgIpc) is 3.12. The molecule has 1 fully saturated rings. The molecule has 0 radical (unpaired) electrons. The molecule has 1 aliphatic rings. The Morgan fingerprint density at radius 3 is 2.40 bits per heavy atom. The molecule has 1 N–H and O–H groups in total. The van der Waals surface area contributed by atoms with Gasteiger partial charge in [-0.25, -0.2) is 8.42 Å². The first-order chi connectivity index (χ1) is 13.9. The molecular weight excluding hydrogens is 423 g/mol. The highest BCUT2D eigenvalue weighted by molar-refractivity contribution is 7.92. The molecule has 1 aliphatic carbocycles. The average molecular weight is 443 g/mol. The lowest BCUT2D eigenvalue weighted by atomic mass is 10.0. The lowest BCUT2D eigenvalue weighted by molar-refractivity contribution is -0.145. The second kappa shape index (κ2) is 7.99. The Bertz CT molecular complexity index is 1070. The summed E-state index contributed by atoms with van der Waals surface area (Å²) in [5.74, 6) is -2.33. The molecule has 1 aromatic carbocycles. The standard InChI is InChI=1S/C20H20F3NO5S/c1-11-5-13(10-24-9-11)12-3-4-18(16(6-12)20(21,22)23)30(27,28)14-7-15(19(25)26)17(8-14)29-2/h3-6,9-10,14-15,17H,7-8H2,1-2H3,(H,25,26)/t14-,15-,17-/m0/s1. The number of hydrogen-bond donors (Lipinski definition) is 1. The number of carboxylic acids is 1. The molecule has 0 bridgehead atoms. The zero-order valence-corrected chi connectivity index (χ0v) is 17.0. The lowest BCUT2D eigenvalue weighted by Crippen LogP contribution is -2.24. The van der Waals surface area contributed by atoms with Crippen molar-refractivity contribution in [2.24, 2.45) is 5.92 Å². The van der Waals surface area contributed by atoms with E-state index in [1.165, 1.54) is 19.4 Å². The van der Waals surface area contributed by atoms with E-state index in [-0.39, 0.29) is 18.4 Å². The summed E-state index contributed by atoms with van der Waals surface area (Å²) in [5, 5.41) is 8.00. The van der Waals surface area contributed by atoms with Gasteiger partial charge in [-0.1, -0.05) is 6.07 Å². The van der Waals surface area contributed by atoms with Crippen molar-refractivity contribution < 1.29 is 36.2 Å². The minimum atomic E-state index is -4.92. The smallest absolute Gasteiger partial charge is 0.417 e. The van der Waals surface area contributed by atoms with Crippen molar-refractivity contribution in [1.29, 1.82) is 0 Å². The summed E-state index contributed by atoms with van der Waals surface area (Å²) < 4.78 is 72.6. The molecular formula is C20H20F3NO5S. The van der Waals surface area contributed by atoms with E-state index < -0.39 is 49.7 Å². The molecule has 30 heavy (non-hydrogen) atoms. The minimum absolute atomic E-state index is 0.182. The number of alkyl halides is 3. The number of ether oxygens (including phenoxy) is 1. The Morgan fingerprint density at radius 2 is 1.87 bits per heavy atom. The third-order valence-electron chi connectivity index (χ3n) is 5.32. The molecule has 162 valence electrons. The Balaban J connectivity index is 2.08. The Hall–Kier alpha value is -2.46. The molecule has 1 saturated carbocycles. The third kappa shape index (κ3) is 4.20. The van der Waals surface area contributed by atoms with Crippen LogP contribution in [0.5, 0.6) is 0 Å². The fourth-order valence-electron chi connectivity index (χ4n) is 3.80. The highest BCUT2D eigenvalue weighted by Crippen LogP contribution is 2.42. The van der Waals surface area contributed by atoms with Crippen molar-refractivity contribution in [1.82, 2.24) is 4.98 Å². The van der Waals surface area contributed by atoms with Crippen molar-refractivity contribution in [2.45, 2.75) is 42.2 Å². The van der Waals surface area contributed by atoms with Crippen LogP contribution in [0.3, 0.4) is 0 Å². The summed E-state index contributed by atoms with van der Waals surface area (Å²) in [6.07, 6.45) is -3.34. The first-order valence-electron chi connectivity index (χ1n) is 9.08. The van der Waals surface area contributed by atoms with E-state index in [1.54, 1.807) is 19.2 Å². The number of carboxylic acid groups (broad SMARTS) is 1. The number of rotatable bonds is 5. The Kier molecular flexibility index (Phi) is 5.92. The molecule has 3 atom stereocenters. The van der Waals surface area contributed by atoms with E-state index in [2.05, 4.69) is 4.98 Å². The number of benzene rings is 1. The largest absolute Gasteiger partial charge is 0.481 e. The van der Waals surface area contributed by atoms with Gasteiger partial charge in [0.05, 0.1) is 27.7 Å². The SMILES string of the molecule is CO[C@H]1C[C@@H](S(=O)(=O)c2ccc(-c3cncc(C)c3)cc2C(F)(F)F)C[C@@H]1C(=O)O. The normalized spacial score (nSPS) is 22.2. The summed E-state index contributed by atoms with van der Waals surface area (Å²) in [5.41, 5.74) is 0.0704. The number of aryl methyl sites for hydroxylation is 1. The van der Waals surface area contributed by atoms with E-state index >= 15 is 0 Å². The molecule has 0 aliphatic heterocycles. The van der Waals surface area contributed by atoms with E-state index in [4.69, 9.17) is 4.74 Å². The second-order valence-electron chi connectivity index (χ2n) is 7.32. The number of nitrogens with zero attached hydrogens (tertiary/aromatic N) is 1. The molecule has 0 spiro atoms. The fraction of sp³-hybridized carbons (Fsp3) is 0.400. The van der Waals surface area contributed by atoms with Crippen LogP contribution in [0.15, 0.2) is 41.6 Å². The van der Waals surface area contributed by atoms with E-state index in [9.17, 15) is 31.5 Å². The van der Waals surface area contributed by atoms with Crippen LogP contribution in [0.2, 0.25) is 0 Å². The van der Waals surface area contributed by atoms with Crippen molar-refractivity contribution in [3.63, 3.8) is 0 Å². The van der Waals surface area contributed by atoms with Crippen LogP contribution >= 0.6 is 0 Å². The summed E-state index contributed by atoms with van der Waals surface area (Å²) in [6, 6.07) is 4.68. The lowest BCUT2D eigenvalue weighted by Gasteiger charge is -2.18. The summed E-state index contributed by atoms with van der Waals surface area (Å²) in [7, 11) is -3.20. The number of halogens is 3. The van der Waals surface area contributed by atoms with Crippen molar-refractivity contribution >= 4 is 15.8 Å². The van der Waals surface area contributed by atoms with Gasteiger partial charge < -0.3 is 9.84 Å². The maximum atomic E-state index is 13.8. The predicted molar refractivity (Wildman–Crippen MR) is 102 cm³/mol. The molecule has 1 heterocycles. The quantitative estimate of drug-likeness (QED) is 0.757. The molecule has 3 rings (SSSR count). The van der Waals surface area contributed by atoms with Gasteiger partial charge >= 0.3 is 12.1 Å². The van der Waals surface area contributed by atoms with Gasteiger partial charge in [0.1, 0.15) is 0 Å². The van der Waals surface area contributed by atoms with Crippen LogP contribution in [-0.4, -0.2) is 42.9 Å². The molecule has 1 aromatic heterocycles. The third-order valence-corrected chi connectivity index (χ3v) is 7.55. The number of aromatic nitrogens is 1. The number of carbonyl (C=O) groups is 1. The number of sulfone groups is 1. The van der Waals surface area contributed by atoms with Gasteiger partial charge in [-0.05, 0) is 49.1 Å². The van der Waals surface area contributed by atoms with Gasteiger partial charge in [-0.15, -0.1) is 0 Å². The molecule has 0 amide bonds. The highest BCUT2D eigenvalue weighted by atomic mass is 32.2. The van der Waals surface area contributed by atoms with Gasteiger partial charge in [0, 0.05) is 25.1 Å². The van der Waals surface area contributed by atoms with Crippen molar-refractivity contribution in [3.05, 3.63) is 47.8 Å². The molecule has 10 heteroatoms. The number of methoxy groups -OCH3 is 1. The van der Waals surface area contributed by atoms with E-state index in [0.717, 1.165) is 17.7 Å². The van der Waals surface area contributed by atoms with Crippen LogP contribution in [0, 0.1) is 12.8 Å². The van der Waals surface area contributed by atoms with Gasteiger partial charge in [0.25, 0.3) is 0 Å². The number of hydrogen-bond acceptors (Lipinski definition) is 5. The van der Waals surface area contributed by atoms with Gasteiger partial charge in [0.15, 0.2) is 9.84 Å². The van der Waals surface area contributed by atoms with Crippen LogP contribution in [-0.2, 0) is 25.5 Å². The van der Waals surface area contributed by atoms with Crippen molar-refractivity contribution in [2.75, 3.05) is 7.11 Å². The van der Waals surface area contributed by atoms with Crippen LogP contribution in [0.25, 0.3) is 11.1 Å². The Labute approximate surface area is 171 Å². The fourth-order valence-corrected chi connectivity index (χ4v) is 5.80. The monoisotopic (exact) mass is 443 g/mol. The first-order valence-corrected chi connectivity index (χ1v) is 10.6. The number of pyridine rings is 1. The minimum Gasteiger partial charge on any atom is -0.481 e. The van der Waals surface area contributed by atoms with Gasteiger partial charge in [-0.3, -0.25) is 9.78 Å². The molecule has 2 aromatic rings. The zero-order valence-electron chi connectivity index (χ0n) is 16.2. The maximum absolute atomic E-state index is 13.8. The topological polar surface area (TPSA) is 93.6 Å². The first kappa shape index (κ1) is 22.2. The molecule has 0 unspecified atom stereocenters. The summed E-state index contributed by atoms with van der Waals surface area (Å²) in [6.45, 7) is 1.74. The summed E-state index contributed by atoms with van der Waals surface area (Å²) >= 11 is 0. The van der Waals surface area contributed by atoms with Crippen LogP contribution in [0.1, 0.15) is 24.0 Å². The molecule has 6 nitrogen and oxygen atoms in total. The van der Waals surface area contributed by atoms with Crippen LogP contribution < -0.4 is 0 Å². The molecule has 0 saturated heterocycles. The Morgan fingerprint density at radius 1 is 1.17 bits per heavy atom. The second-order valence-corrected chi connectivity index (χ2v) is 9.51. The van der Waals surface area contributed by atoms with Crippen molar-refractivity contribution in [3.8, 4) is 11.1 Å². The summed E-state index contributed by atoms with van der Waals surface area (Å²) in [4.78, 5) is 14.5. The van der Waals surface area contributed by atoms with Crippen LogP contribution in [0.4, 0.5) is 13.2 Å². The highest BCUT2D eigenvalue weighted by Gasteiger charge is 2.47.